The predicted molar refractivity (Wildman–Crippen MR) is 73.1 cm³/mol. The van der Waals surface area contributed by atoms with Gasteiger partial charge in [0.05, 0.1) is 40.3 Å². The number of nitrogens with zero attached hydrogens (tertiary/aromatic N) is 4. The zero-order valence-electron chi connectivity index (χ0n) is 11.1. The maximum atomic E-state index is 12.5. The van der Waals surface area contributed by atoms with Crippen LogP contribution in [-0.4, -0.2) is 37.3 Å². The van der Waals surface area contributed by atoms with Crippen molar-refractivity contribution in [2.24, 2.45) is 0 Å². The minimum atomic E-state index is -0.971. The molecule has 1 aromatic carbocycles. The molecule has 0 saturated heterocycles. The SMILES string of the molecule is COc1c([N+](=O)[O-])cc([N+](=O)[O-])c2c1C(=O)c1nsnc1C2=O. The van der Waals surface area contributed by atoms with Gasteiger partial charge in [0, 0.05) is 0 Å². The third-order valence-corrected chi connectivity index (χ3v) is 3.74. The second kappa shape index (κ2) is 4.88. The van der Waals surface area contributed by atoms with Crippen LogP contribution in [-0.2, 0) is 0 Å². The second-order valence-electron chi connectivity index (χ2n) is 4.33. The zero-order valence-corrected chi connectivity index (χ0v) is 11.9. The van der Waals surface area contributed by atoms with E-state index < -0.39 is 49.7 Å². The Morgan fingerprint density at radius 1 is 1.00 bits per heavy atom. The molecule has 116 valence electrons. The first-order chi connectivity index (χ1) is 10.9. The molecule has 0 bridgehead atoms. The Balaban J connectivity index is 2.48. The van der Waals surface area contributed by atoms with Crippen LogP contribution < -0.4 is 4.74 Å². The van der Waals surface area contributed by atoms with Crippen LogP contribution in [0.2, 0.25) is 0 Å². The standard InChI is InChI=1S/C11H4N4O7S/c1-22-11-4(15(20)21)2-3(14(18)19)5-6(11)10(17)8-7(9(5)16)12-23-13-8/h2H,1H3. The molecular formula is C11H4N4O7S. The molecule has 0 atom stereocenters. The molecule has 0 amide bonds. The topological polar surface area (TPSA) is 155 Å². The van der Waals surface area contributed by atoms with E-state index in [2.05, 4.69) is 8.75 Å². The minimum absolute atomic E-state index is 0.305. The first-order valence-corrected chi connectivity index (χ1v) is 6.57. The van der Waals surface area contributed by atoms with E-state index in [9.17, 15) is 29.8 Å². The Hall–Kier alpha value is -3.28. The number of fused-ring (bicyclic) bond motifs is 2. The molecule has 1 aliphatic carbocycles. The van der Waals surface area contributed by atoms with Crippen molar-refractivity contribution in [1.82, 2.24) is 8.75 Å². The summed E-state index contributed by atoms with van der Waals surface area (Å²) in [6.07, 6.45) is 0. The molecule has 0 fully saturated rings. The summed E-state index contributed by atoms with van der Waals surface area (Å²) in [6.45, 7) is 0. The molecular weight excluding hydrogens is 332 g/mol. The summed E-state index contributed by atoms with van der Waals surface area (Å²) in [5.41, 5.74) is -3.39. The molecule has 0 spiro atoms. The van der Waals surface area contributed by atoms with Crippen LogP contribution in [0.1, 0.15) is 32.1 Å². The lowest BCUT2D eigenvalue weighted by atomic mass is 9.87. The van der Waals surface area contributed by atoms with Crippen LogP contribution in [0.3, 0.4) is 0 Å². The first kappa shape index (κ1) is 14.6. The molecule has 3 rings (SSSR count). The molecule has 0 unspecified atom stereocenters. The van der Waals surface area contributed by atoms with Crippen molar-refractivity contribution in [2.75, 3.05) is 7.11 Å². The van der Waals surface area contributed by atoms with E-state index in [0.717, 1.165) is 7.11 Å². The van der Waals surface area contributed by atoms with Crippen molar-refractivity contribution in [1.29, 1.82) is 0 Å². The summed E-state index contributed by atoms with van der Waals surface area (Å²) in [5, 5.41) is 22.3. The normalized spacial score (nSPS) is 12.6. The molecule has 0 N–H and O–H groups in total. The number of methoxy groups -OCH3 is 1. The van der Waals surface area contributed by atoms with Crippen molar-refractivity contribution in [3.05, 3.63) is 48.8 Å². The van der Waals surface area contributed by atoms with Crippen molar-refractivity contribution in [2.45, 2.75) is 0 Å². The van der Waals surface area contributed by atoms with Gasteiger partial charge in [0.2, 0.25) is 17.3 Å². The fourth-order valence-corrected chi connectivity index (χ4v) is 2.84. The highest BCUT2D eigenvalue weighted by atomic mass is 32.1. The molecule has 0 saturated carbocycles. The Kier molecular flexibility index (Phi) is 3.11. The molecule has 23 heavy (non-hydrogen) atoms. The number of carbonyl (C=O) groups excluding carboxylic acids is 2. The number of nitro groups is 2. The molecule has 0 radical (unpaired) electrons. The number of hydrogen-bond donors (Lipinski definition) is 0. The number of nitro benzene ring substituents is 2. The van der Waals surface area contributed by atoms with E-state index in [4.69, 9.17) is 4.74 Å². The minimum Gasteiger partial charge on any atom is -0.490 e. The van der Waals surface area contributed by atoms with Crippen molar-refractivity contribution < 1.29 is 24.2 Å². The lowest BCUT2D eigenvalue weighted by Crippen LogP contribution is -2.23. The molecule has 12 heteroatoms. The summed E-state index contributed by atoms with van der Waals surface area (Å²) in [6, 6.07) is 0.591. The van der Waals surface area contributed by atoms with E-state index >= 15 is 0 Å². The van der Waals surface area contributed by atoms with Crippen LogP contribution in [0.5, 0.6) is 5.75 Å². The van der Waals surface area contributed by atoms with Crippen LogP contribution in [0.25, 0.3) is 0 Å². The smallest absolute Gasteiger partial charge is 0.318 e. The van der Waals surface area contributed by atoms with Gasteiger partial charge in [-0.05, 0) is 0 Å². The third kappa shape index (κ3) is 1.88. The van der Waals surface area contributed by atoms with Crippen molar-refractivity contribution in [3.63, 3.8) is 0 Å². The average molecular weight is 336 g/mol. The summed E-state index contributed by atoms with van der Waals surface area (Å²) in [5.74, 6) is -2.30. The summed E-state index contributed by atoms with van der Waals surface area (Å²) < 4.78 is 12.2. The Morgan fingerprint density at radius 3 is 2.00 bits per heavy atom. The number of rotatable bonds is 3. The monoisotopic (exact) mass is 336 g/mol. The molecule has 1 aromatic heterocycles. The Morgan fingerprint density at radius 2 is 1.52 bits per heavy atom. The fourth-order valence-electron chi connectivity index (χ4n) is 2.29. The maximum absolute atomic E-state index is 12.5. The molecule has 0 aliphatic heterocycles. The third-order valence-electron chi connectivity index (χ3n) is 3.21. The number of benzene rings is 1. The first-order valence-electron chi connectivity index (χ1n) is 5.84. The molecule has 2 aromatic rings. The van der Waals surface area contributed by atoms with Crippen LogP contribution in [0.4, 0.5) is 11.4 Å². The fraction of sp³-hybridized carbons (Fsp3) is 0.0909. The van der Waals surface area contributed by atoms with E-state index in [1.165, 1.54) is 0 Å². The van der Waals surface area contributed by atoms with Gasteiger partial charge in [-0.15, -0.1) is 0 Å². The van der Waals surface area contributed by atoms with Gasteiger partial charge in [0.15, 0.2) is 11.4 Å². The summed E-state index contributed by atoms with van der Waals surface area (Å²) in [4.78, 5) is 45.3. The predicted octanol–water partition coefficient (Wildman–Crippen LogP) is 1.14. The number of ketones is 2. The number of carbonyl (C=O) groups is 2. The zero-order chi connectivity index (χ0) is 16.9. The van der Waals surface area contributed by atoms with Gasteiger partial charge in [-0.25, -0.2) is 0 Å². The highest BCUT2D eigenvalue weighted by Crippen LogP contribution is 2.43. The van der Waals surface area contributed by atoms with Crippen LogP contribution in [0.15, 0.2) is 6.07 Å². The lowest BCUT2D eigenvalue weighted by Gasteiger charge is -2.15. The van der Waals surface area contributed by atoms with E-state index in [1.807, 2.05) is 0 Å². The van der Waals surface area contributed by atoms with Crippen molar-refractivity contribution in [3.8, 4) is 5.75 Å². The second-order valence-corrected chi connectivity index (χ2v) is 4.86. The Bertz CT molecular complexity index is 919. The summed E-state index contributed by atoms with van der Waals surface area (Å²) >= 11 is 0.585. The van der Waals surface area contributed by atoms with E-state index in [0.29, 0.717) is 17.8 Å². The van der Waals surface area contributed by atoms with E-state index in [-0.39, 0.29) is 11.4 Å². The summed E-state index contributed by atoms with van der Waals surface area (Å²) in [7, 11) is 1.06. The largest absolute Gasteiger partial charge is 0.490 e. The van der Waals surface area contributed by atoms with Crippen LogP contribution >= 0.6 is 11.7 Å². The molecule has 1 heterocycles. The highest BCUT2D eigenvalue weighted by Gasteiger charge is 2.44. The van der Waals surface area contributed by atoms with E-state index in [1.54, 1.807) is 0 Å². The number of ether oxygens (including phenoxy) is 1. The van der Waals surface area contributed by atoms with Gasteiger partial charge in [0.1, 0.15) is 5.56 Å². The molecule has 11 nitrogen and oxygen atoms in total. The highest BCUT2D eigenvalue weighted by molar-refractivity contribution is 6.99. The molecule has 1 aliphatic rings. The van der Waals surface area contributed by atoms with Crippen LogP contribution in [0, 0.1) is 20.2 Å². The quantitative estimate of drug-likeness (QED) is 0.505. The van der Waals surface area contributed by atoms with Gasteiger partial charge in [-0.2, -0.15) is 8.75 Å². The number of aromatic nitrogens is 2. The average Bonchev–Trinajstić information content (AvgIpc) is 3.00. The lowest BCUT2D eigenvalue weighted by molar-refractivity contribution is -0.394. The number of hydrogen-bond acceptors (Lipinski definition) is 10. The van der Waals surface area contributed by atoms with Crippen molar-refractivity contribution >= 4 is 34.7 Å². The maximum Gasteiger partial charge on any atom is 0.318 e. The Labute approximate surface area is 130 Å². The van der Waals surface area contributed by atoms with Gasteiger partial charge >= 0.3 is 5.69 Å². The van der Waals surface area contributed by atoms with Gasteiger partial charge in [0.25, 0.3) is 5.69 Å². The van der Waals surface area contributed by atoms with Gasteiger partial charge in [-0.3, -0.25) is 29.8 Å². The van der Waals surface area contributed by atoms with Gasteiger partial charge < -0.3 is 4.74 Å². The van der Waals surface area contributed by atoms with Gasteiger partial charge in [-0.1, -0.05) is 0 Å².